The first-order valence-corrected chi connectivity index (χ1v) is 7.61. The number of amides is 1. The van der Waals surface area contributed by atoms with Crippen molar-refractivity contribution in [1.29, 1.82) is 0 Å². The molecule has 1 aliphatic rings. The topological polar surface area (TPSA) is 83.6 Å². The van der Waals surface area contributed by atoms with E-state index in [0.717, 1.165) is 11.3 Å². The number of carbonyl (C=O) groups excluding carboxylic acids is 1. The largest absolute Gasteiger partial charge is 0.481 e. The third-order valence-electron chi connectivity index (χ3n) is 3.50. The zero-order chi connectivity index (χ0) is 14.7. The Labute approximate surface area is 122 Å². The molecule has 1 atom stereocenters. The van der Waals surface area contributed by atoms with Crippen LogP contribution in [0.5, 0.6) is 0 Å². The fourth-order valence-corrected chi connectivity index (χ4v) is 3.40. The smallest absolute Gasteiger partial charge is 0.305 e. The van der Waals surface area contributed by atoms with E-state index in [4.69, 9.17) is 10.8 Å². The van der Waals surface area contributed by atoms with Crippen LogP contribution in [0.15, 0.2) is 18.2 Å². The van der Waals surface area contributed by atoms with Gasteiger partial charge in [-0.1, -0.05) is 6.07 Å². The van der Waals surface area contributed by atoms with E-state index in [1.807, 2.05) is 6.92 Å². The van der Waals surface area contributed by atoms with E-state index in [0.29, 0.717) is 23.5 Å². The van der Waals surface area contributed by atoms with Gasteiger partial charge in [0.1, 0.15) is 0 Å². The number of thioether (sulfide) groups is 1. The van der Waals surface area contributed by atoms with Crippen LogP contribution in [-0.2, 0) is 4.79 Å². The second-order valence-corrected chi connectivity index (χ2v) is 5.99. The lowest BCUT2D eigenvalue weighted by molar-refractivity contribution is -0.138. The van der Waals surface area contributed by atoms with E-state index < -0.39 is 5.97 Å². The van der Waals surface area contributed by atoms with Crippen molar-refractivity contribution in [2.75, 3.05) is 23.8 Å². The molecular weight excluding hydrogens is 276 g/mol. The summed E-state index contributed by atoms with van der Waals surface area (Å²) in [5, 5.41) is 8.97. The molecular formula is C14H18N2O3S. The Morgan fingerprint density at radius 2 is 2.25 bits per heavy atom. The fourth-order valence-electron chi connectivity index (χ4n) is 2.33. The number of aliphatic carboxylic acids is 1. The molecule has 1 fully saturated rings. The highest BCUT2D eigenvalue weighted by Gasteiger charge is 2.30. The van der Waals surface area contributed by atoms with Crippen LogP contribution >= 0.6 is 11.8 Å². The van der Waals surface area contributed by atoms with Gasteiger partial charge < -0.3 is 15.7 Å². The zero-order valence-electron chi connectivity index (χ0n) is 11.3. The highest BCUT2D eigenvalue weighted by molar-refractivity contribution is 7.99. The molecule has 1 unspecified atom stereocenters. The van der Waals surface area contributed by atoms with E-state index in [1.165, 1.54) is 0 Å². The molecule has 0 bridgehead atoms. The van der Waals surface area contributed by atoms with Gasteiger partial charge in [0.15, 0.2) is 0 Å². The molecule has 0 spiro atoms. The average molecular weight is 294 g/mol. The minimum Gasteiger partial charge on any atom is -0.481 e. The molecule has 6 heteroatoms. The number of nitrogens with two attached hydrogens (primary N) is 1. The highest BCUT2D eigenvalue weighted by Crippen LogP contribution is 2.24. The summed E-state index contributed by atoms with van der Waals surface area (Å²) in [6.45, 7) is 2.39. The summed E-state index contributed by atoms with van der Waals surface area (Å²) < 4.78 is 0. The van der Waals surface area contributed by atoms with Crippen molar-refractivity contribution < 1.29 is 14.7 Å². The Morgan fingerprint density at radius 3 is 2.95 bits per heavy atom. The van der Waals surface area contributed by atoms with Crippen molar-refractivity contribution in [3.63, 3.8) is 0 Å². The van der Waals surface area contributed by atoms with Gasteiger partial charge in [0, 0.05) is 29.3 Å². The third-order valence-corrected chi connectivity index (χ3v) is 4.60. The summed E-state index contributed by atoms with van der Waals surface area (Å²) >= 11 is 1.69. The maximum absolute atomic E-state index is 12.6. The Bertz CT molecular complexity index is 533. The first-order chi connectivity index (χ1) is 9.50. The van der Waals surface area contributed by atoms with Crippen LogP contribution in [0.25, 0.3) is 0 Å². The SMILES string of the molecule is Cc1c(N)cccc1C(=O)N1CCSCC1CC(=O)O. The van der Waals surface area contributed by atoms with Crippen molar-refractivity contribution in [2.45, 2.75) is 19.4 Å². The maximum atomic E-state index is 12.6. The molecule has 1 amide bonds. The molecule has 108 valence electrons. The van der Waals surface area contributed by atoms with Crippen molar-refractivity contribution in [3.8, 4) is 0 Å². The minimum absolute atomic E-state index is 0.0138. The van der Waals surface area contributed by atoms with Crippen LogP contribution in [0.4, 0.5) is 5.69 Å². The van der Waals surface area contributed by atoms with Crippen LogP contribution in [0.1, 0.15) is 22.3 Å². The molecule has 0 aliphatic carbocycles. The predicted octanol–water partition coefficient (Wildman–Crippen LogP) is 1.61. The van der Waals surface area contributed by atoms with E-state index in [1.54, 1.807) is 34.9 Å². The Balaban J connectivity index is 2.25. The standard InChI is InChI=1S/C14H18N2O3S/c1-9-11(3-2-4-12(9)15)14(19)16-5-6-20-8-10(16)7-13(17)18/h2-4,10H,5-8,15H2,1H3,(H,17,18). The highest BCUT2D eigenvalue weighted by atomic mass is 32.2. The van der Waals surface area contributed by atoms with Crippen LogP contribution in [-0.4, -0.2) is 46.0 Å². The van der Waals surface area contributed by atoms with Crippen molar-refractivity contribution in [3.05, 3.63) is 29.3 Å². The number of anilines is 1. The summed E-state index contributed by atoms with van der Waals surface area (Å²) in [6.07, 6.45) is -0.0138. The van der Waals surface area contributed by atoms with Crippen LogP contribution in [0, 0.1) is 6.92 Å². The lowest BCUT2D eigenvalue weighted by Gasteiger charge is -2.35. The molecule has 5 nitrogen and oxygen atoms in total. The van der Waals surface area contributed by atoms with Gasteiger partial charge in [-0.25, -0.2) is 0 Å². The van der Waals surface area contributed by atoms with Gasteiger partial charge in [-0.3, -0.25) is 9.59 Å². The average Bonchev–Trinajstić information content (AvgIpc) is 2.41. The molecule has 0 radical (unpaired) electrons. The Morgan fingerprint density at radius 1 is 1.50 bits per heavy atom. The first-order valence-electron chi connectivity index (χ1n) is 6.46. The first kappa shape index (κ1) is 14.7. The summed E-state index contributed by atoms with van der Waals surface area (Å²) in [7, 11) is 0. The molecule has 1 aliphatic heterocycles. The zero-order valence-corrected chi connectivity index (χ0v) is 12.2. The van der Waals surface area contributed by atoms with Gasteiger partial charge >= 0.3 is 5.97 Å². The number of carbonyl (C=O) groups is 2. The summed E-state index contributed by atoms with van der Waals surface area (Å²) in [6, 6.07) is 5.00. The lowest BCUT2D eigenvalue weighted by Crippen LogP contribution is -2.47. The monoisotopic (exact) mass is 294 g/mol. The number of rotatable bonds is 3. The lowest BCUT2D eigenvalue weighted by atomic mass is 10.0. The van der Waals surface area contributed by atoms with Gasteiger partial charge in [0.25, 0.3) is 5.91 Å². The number of benzene rings is 1. The summed E-state index contributed by atoms with van der Waals surface area (Å²) in [4.78, 5) is 25.2. The normalized spacial score (nSPS) is 18.9. The number of carboxylic acids is 1. The molecule has 1 saturated heterocycles. The van der Waals surface area contributed by atoms with Crippen molar-refractivity contribution in [1.82, 2.24) is 4.90 Å². The fraction of sp³-hybridized carbons (Fsp3) is 0.429. The second kappa shape index (κ2) is 6.17. The van der Waals surface area contributed by atoms with E-state index >= 15 is 0 Å². The van der Waals surface area contributed by atoms with Gasteiger partial charge in [-0.15, -0.1) is 0 Å². The number of nitrogen functional groups attached to an aromatic ring is 1. The number of nitrogens with zero attached hydrogens (tertiary/aromatic N) is 1. The number of hydrogen-bond acceptors (Lipinski definition) is 4. The molecule has 1 heterocycles. The molecule has 1 aromatic rings. The second-order valence-electron chi connectivity index (χ2n) is 4.84. The maximum Gasteiger partial charge on any atom is 0.305 e. The van der Waals surface area contributed by atoms with Gasteiger partial charge in [0.2, 0.25) is 0 Å². The van der Waals surface area contributed by atoms with E-state index in [9.17, 15) is 9.59 Å². The summed E-state index contributed by atoms with van der Waals surface area (Å²) in [5.74, 6) is 0.503. The summed E-state index contributed by atoms with van der Waals surface area (Å²) in [5.41, 5.74) is 7.73. The Kier molecular flexibility index (Phi) is 4.54. The van der Waals surface area contributed by atoms with Gasteiger partial charge in [0.05, 0.1) is 12.5 Å². The predicted molar refractivity (Wildman–Crippen MR) is 80.0 cm³/mol. The molecule has 3 N–H and O–H groups in total. The molecule has 0 aromatic heterocycles. The van der Waals surface area contributed by atoms with E-state index in [-0.39, 0.29) is 18.4 Å². The molecule has 2 rings (SSSR count). The van der Waals surface area contributed by atoms with Gasteiger partial charge in [-0.05, 0) is 24.6 Å². The van der Waals surface area contributed by atoms with Crippen LogP contribution in [0.2, 0.25) is 0 Å². The number of carboxylic acid groups (broad SMARTS) is 1. The minimum atomic E-state index is -0.875. The Hall–Kier alpha value is -1.69. The number of hydrogen-bond donors (Lipinski definition) is 2. The van der Waals surface area contributed by atoms with Crippen LogP contribution < -0.4 is 5.73 Å². The third kappa shape index (κ3) is 3.07. The molecule has 0 saturated carbocycles. The molecule has 20 heavy (non-hydrogen) atoms. The molecule has 1 aromatic carbocycles. The van der Waals surface area contributed by atoms with E-state index in [2.05, 4.69) is 0 Å². The van der Waals surface area contributed by atoms with Gasteiger partial charge in [-0.2, -0.15) is 11.8 Å². The van der Waals surface area contributed by atoms with Crippen molar-refractivity contribution in [2.24, 2.45) is 0 Å². The quantitative estimate of drug-likeness (QED) is 0.827. The van der Waals surface area contributed by atoms with Crippen molar-refractivity contribution >= 4 is 29.3 Å². The van der Waals surface area contributed by atoms with Crippen LogP contribution in [0.3, 0.4) is 0 Å².